The van der Waals surface area contributed by atoms with E-state index in [1.165, 1.54) is 94.9 Å². The molecule has 204 valence electrons. The van der Waals surface area contributed by atoms with E-state index in [1.54, 1.807) is 0 Å². The summed E-state index contributed by atoms with van der Waals surface area (Å²) in [7, 11) is 0. The van der Waals surface area contributed by atoms with E-state index in [2.05, 4.69) is 146 Å². The van der Waals surface area contributed by atoms with Crippen LogP contribution in [-0.4, -0.2) is 0 Å². The molecule has 0 atom stereocenters. The van der Waals surface area contributed by atoms with Crippen molar-refractivity contribution in [3.05, 3.63) is 146 Å². The zero-order valence-corrected chi connectivity index (χ0v) is 25.3. The summed E-state index contributed by atoms with van der Waals surface area (Å²) < 4.78 is 5.38. The second kappa shape index (κ2) is 9.24. The highest BCUT2D eigenvalue weighted by molar-refractivity contribution is 7.26. The number of fused-ring (bicyclic) bond motifs is 10. The van der Waals surface area contributed by atoms with E-state index in [1.807, 2.05) is 22.7 Å². The minimum Gasteiger partial charge on any atom is -0.135 e. The van der Waals surface area contributed by atoms with E-state index in [4.69, 9.17) is 0 Å². The largest absolute Gasteiger partial charge is 0.135 e. The molecule has 0 spiro atoms. The molecule has 8 aromatic carbocycles. The number of hydrogen-bond acceptors (Lipinski definition) is 2. The van der Waals surface area contributed by atoms with E-state index in [0.717, 1.165) is 0 Å². The second-order valence-electron chi connectivity index (χ2n) is 11.6. The molecule has 0 nitrogen and oxygen atoms in total. The van der Waals surface area contributed by atoms with E-state index in [9.17, 15) is 0 Å². The summed E-state index contributed by atoms with van der Waals surface area (Å²) in [4.78, 5) is 0. The average molecular weight is 593 g/mol. The van der Waals surface area contributed by atoms with Crippen LogP contribution in [-0.2, 0) is 0 Å². The Morgan fingerprint density at radius 2 is 0.773 bits per heavy atom. The Morgan fingerprint density at radius 1 is 0.295 bits per heavy atom. The van der Waals surface area contributed by atoms with Crippen molar-refractivity contribution in [3.8, 4) is 22.3 Å². The lowest BCUT2D eigenvalue weighted by Gasteiger charge is -2.20. The van der Waals surface area contributed by atoms with Gasteiger partial charge in [-0.15, -0.1) is 22.7 Å². The van der Waals surface area contributed by atoms with E-state index in [0.29, 0.717) is 0 Å². The SMILES string of the molecule is c1ccc2c(c1)ccc1c(-c3cccc4c3sc3ccccc34)c3ccccc3c(-c3cccc4c3sc3ccccc34)c12. The monoisotopic (exact) mass is 592 g/mol. The van der Waals surface area contributed by atoms with Gasteiger partial charge in [0.05, 0.1) is 0 Å². The first-order valence-corrected chi connectivity index (χ1v) is 16.7. The Balaban J connectivity index is 1.44. The fourth-order valence-electron chi connectivity index (χ4n) is 7.41. The van der Waals surface area contributed by atoms with Crippen LogP contribution < -0.4 is 0 Å². The number of rotatable bonds is 2. The van der Waals surface area contributed by atoms with Crippen molar-refractivity contribution < 1.29 is 0 Å². The van der Waals surface area contributed by atoms with Crippen molar-refractivity contribution in [2.24, 2.45) is 0 Å². The van der Waals surface area contributed by atoms with Crippen molar-refractivity contribution in [2.75, 3.05) is 0 Å². The molecule has 2 aromatic heterocycles. The predicted molar refractivity (Wildman–Crippen MR) is 196 cm³/mol. The van der Waals surface area contributed by atoms with E-state index < -0.39 is 0 Å². The molecule has 0 saturated heterocycles. The second-order valence-corrected chi connectivity index (χ2v) is 13.7. The number of benzene rings is 8. The van der Waals surface area contributed by atoms with Gasteiger partial charge < -0.3 is 0 Å². The van der Waals surface area contributed by atoms with Crippen LogP contribution in [0, 0.1) is 0 Å². The van der Waals surface area contributed by atoms with Crippen molar-refractivity contribution >= 4 is 95.3 Å². The topological polar surface area (TPSA) is 0 Å². The van der Waals surface area contributed by atoms with Crippen LogP contribution in [0.5, 0.6) is 0 Å². The normalized spacial score (nSPS) is 12.1. The van der Waals surface area contributed by atoms with Crippen molar-refractivity contribution in [3.63, 3.8) is 0 Å². The highest BCUT2D eigenvalue weighted by atomic mass is 32.1. The van der Waals surface area contributed by atoms with Gasteiger partial charge >= 0.3 is 0 Å². The molecular weight excluding hydrogens is 569 g/mol. The lowest BCUT2D eigenvalue weighted by molar-refractivity contribution is 1.73. The minimum atomic E-state index is 1.27. The van der Waals surface area contributed by atoms with Crippen LogP contribution in [0.1, 0.15) is 0 Å². The zero-order valence-electron chi connectivity index (χ0n) is 23.7. The molecule has 0 N–H and O–H groups in total. The molecule has 0 aliphatic rings. The Hall–Kier alpha value is -5.02. The summed E-state index contributed by atoms with van der Waals surface area (Å²) in [5, 5.41) is 13.1. The third kappa shape index (κ3) is 3.33. The molecule has 44 heavy (non-hydrogen) atoms. The van der Waals surface area contributed by atoms with E-state index >= 15 is 0 Å². The van der Waals surface area contributed by atoms with Crippen LogP contribution in [0.25, 0.3) is 94.9 Å². The fourth-order valence-corrected chi connectivity index (χ4v) is 9.85. The molecule has 0 radical (unpaired) electrons. The molecule has 0 aliphatic heterocycles. The first kappa shape index (κ1) is 24.4. The van der Waals surface area contributed by atoms with Crippen LogP contribution in [0.15, 0.2) is 146 Å². The third-order valence-corrected chi connectivity index (χ3v) is 11.7. The Kier molecular flexibility index (Phi) is 5.13. The molecule has 0 fully saturated rings. The van der Waals surface area contributed by atoms with Gasteiger partial charge in [-0.1, -0.05) is 133 Å². The average Bonchev–Trinajstić information content (AvgIpc) is 3.66. The molecule has 2 heterocycles. The van der Waals surface area contributed by atoms with Crippen LogP contribution in [0.3, 0.4) is 0 Å². The molecule has 0 saturated carbocycles. The predicted octanol–water partition coefficient (Wildman–Crippen LogP) is 13.2. The summed E-state index contributed by atoms with van der Waals surface area (Å²) in [5.41, 5.74) is 5.28. The van der Waals surface area contributed by atoms with Crippen LogP contribution in [0.4, 0.5) is 0 Å². The molecule has 2 heteroatoms. The van der Waals surface area contributed by atoms with Gasteiger partial charge in [-0.05, 0) is 55.6 Å². The molecule has 0 bridgehead atoms. The summed E-state index contributed by atoms with van der Waals surface area (Å²) in [5.74, 6) is 0. The molecule has 0 aliphatic carbocycles. The van der Waals surface area contributed by atoms with Gasteiger partial charge in [-0.25, -0.2) is 0 Å². The summed E-state index contributed by atoms with van der Waals surface area (Å²) >= 11 is 3.82. The van der Waals surface area contributed by atoms with Gasteiger partial charge in [0.25, 0.3) is 0 Å². The van der Waals surface area contributed by atoms with Gasteiger partial charge in [-0.3, -0.25) is 0 Å². The van der Waals surface area contributed by atoms with Crippen LogP contribution >= 0.6 is 22.7 Å². The van der Waals surface area contributed by atoms with Gasteiger partial charge in [0.1, 0.15) is 0 Å². The van der Waals surface area contributed by atoms with Crippen molar-refractivity contribution in [2.45, 2.75) is 0 Å². The Morgan fingerprint density at radius 3 is 1.41 bits per heavy atom. The summed E-state index contributed by atoms with van der Waals surface area (Å²) in [6, 6.07) is 54.0. The summed E-state index contributed by atoms with van der Waals surface area (Å²) in [6.45, 7) is 0. The maximum absolute atomic E-state index is 2.38. The van der Waals surface area contributed by atoms with Crippen LogP contribution in [0.2, 0.25) is 0 Å². The molecule has 0 unspecified atom stereocenters. The number of thiophene rings is 2. The molecule has 0 amide bonds. The molecule has 10 aromatic rings. The fraction of sp³-hybridized carbons (Fsp3) is 0. The molecule has 10 rings (SSSR count). The Bertz CT molecular complexity index is 2780. The maximum Gasteiger partial charge on any atom is 0.0434 e. The molecular formula is C42H24S2. The number of hydrogen-bond donors (Lipinski definition) is 0. The van der Waals surface area contributed by atoms with Gasteiger partial charge in [0.2, 0.25) is 0 Å². The smallest absolute Gasteiger partial charge is 0.0434 e. The van der Waals surface area contributed by atoms with Crippen molar-refractivity contribution in [1.82, 2.24) is 0 Å². The van der Waals surface area contributed by atoms with Gasteiger partial charge in [0, 0.05) is 51.5 Å². The Labute approximate surface area is 262 Å². The highest BCUT2D eigenvalue weighted by Gasteiger charge is 2.22. The zero-order chi connectivity index (χ0) is 28.8. The first-order valence-electron chi connectivity index (χ1n) is 15.0. The lowest BCUT2D eigenvalue weighted by Crippen LogP contribution is -1.92. The van der Waals surface area contributed by atoms with Crippen molar-refractivity contribution in [1.29, 1.82) is 0 Å². The van der Waals surface area contributed by atoms with E-state index in [-0.39, 0.29) is 0 Å². The maximum atomic E-state index is 2.38. The van der Waals surface area contributed by atoms with Gasteiger partial charge in [0.15, 0.2) is 0 Å². The standard InChI is InChI=1S/C42H24S2/c1-2-12-26-25(11-1)23-24-33-38(34-19-9-17-31-27-13-5-7-21-36(27)43-41(31)34)29-15-3-4-16-30(29)40(39(26)33)35-20-10-18-32-28-14-6-8-22-37(28)44-42(32)35/h1-24H. The van der Waals surface area contributed by atoms with Gasteiger partial charge in [-0.2, -0.15) is 0 Å². The first-order chi connectivity index (χ1) is 21.8. The highest BCUT2D eigenvalue weighted by Crippen LogP contribution is 2.51. The lowest BCUT2D eigenvalue weighted by atomic mass is 9.83. The third-order valence-electron chi connectivity index (χ3n) is 9.26. The quantitative estimate of drug-likeness (QED) is 0.138. The summed E-state index contributed by atoms with van der Waals surface area (Å²) in [6.07, 6.45) is 0. The minimum absolute atomic E-state index is 1.27.